The van der Waals surface area contributed by atoms with Crippen molar-refractivity contribution in [1.82, 2.24) is 15.1 Å². The molecule has 0 aliphatic carbocycles. The quantitative estimate of drug-likeness (QED) is 0.580. The Labute approximate surface area is 142 Å². The summed E-state index contributed by atoms with van der Waals surface area (Å²) in [6, 6.07) is 11.1. The number of aromatic amines is 1. The number of thioether (sulfide) groups is 1. The summed E-state index contributed by atoms with van der Waals surface area (Å²) < 4.78 is 5.14. The average Bonchev–Trinajstić information content (AvgIpc) is 2.91. The van der Waals surface area contributed by atoms with Gasteiger partial charge in [0.05, 0.1) is 11.4 Å². The number of hydrogen-bond acceptors (Lipinski definition) is 6. The molecule has 0 spiro atoms. The summed E-state index contributed by atoms with van der Waals surface area (Å²) in [5.74, 6) is 1.32. The first-order chi connectivity index (χ1) is 11.6. The van der Waals surface area contributed by atoms with Gasteiger partial charge >= 0.3 is 0 Å². The second kappa shape index (κ2) is 6.72. The van der Waals surface area contributed by atoms with E-state index in [9.17, 15) is 10.1 Å². The van der Waals surface area contributed by atoms with Crippen LogP contribution < -0.4 is 5.56 Å². The van der Waals surface area contributed by atoms with E-state index >= 15 is 0 Å². The minimum Gasteiger partial charge on any atom is -0.361 e. The number of nitriles is 1. The van der Waals surface area contributed by atoms with Crippen LogP contribution >= 0.6 is 11.8 Å². The molecule has 0 unspecified atom stereocenters. The maximum atomic E-state index is 12.2. The number of nitrogens with zero attached hydrogens (tertiary/aromatic N) is 3. The molecular formula is C17H14N4O2S. The Kier molecular flexibility index (Phi) is 4.49. The molecule has 0 saturated carbocycles. The highest BCUT2D eigenvalue weighted by Gasteiger charge is 2.15. The van der Waals surface area contributed by atoms with Crippen molar-refractivity contribution in [2.24, 2.45) is 0 Å². The van der Waals surface area contributed by atoms with Gasteiger partial charge in [-0.05, 0) is 13.8 Å². The molecule has 0 bridgehead atoms. The van der Waals surface area contributed by atoms with Crippen LogP contribution in [-0.2, 0) is 5.75 Å². The third-order valence-electron chi connectivity index (χ3n) is 3.59. The zero-order valence-corrected chi connectivity index (χ0v) is 14.0. The Morgan fingerprint density at radius 1 is 1.29 bits per heavy atom. The minimum atomic E-state index is -0.437. The van der Waals surface area contributed by atoms with Gasteiger partial charge in [-0.25, -0.2) is 4.98 Å². The zero-order valence-electron chi connectivity index (χ0n) is 13.2. The van der Waals surface area contributed by atoms with Gasteiger partial charge in [0.25, 0.3) is 5.56 Å². The SMILES string of the molecule is Cc1noc(C)c1CSc1nc(-c2ccccc2)c(C#N)c(=O)[nH]1. The van der Waals surface area contributed by atoms with Crippen LogP contribution in [0.25, 0.3) is 11.3 Å². The van der Waals surface area contributed by atoms with Gasteiger partial charge < -0.3 is 9.51 Å². The normalized spacial score (nSPS) is 10.5. The van der Waals surface area contributed by atoms with Gasteiger partial charge in [-0.3, -0.25) is 4.79 Å². The van der Waals surface area contributed by atoms with Gasteiger partial charge in [0.1, 0.15) is 17.4 Å². The molecule has 3 aromatic rings. The van der Waals surface area contributed by atoms with Crippen molar-refractivity contribution in [3.63, 3.8) is 0 Å². The summed E-state index contributed by atoms with van der Waals surface area (Å²) in [6.45, 7) is 3.72. The predicted octanol–water partition coefficient (Wildman–Crippen LogP) is 3.21. The van der Waals surface area contributed by atoms with Crippen molar-refractivity contribution >= 4 is 11.8 Å². The lowest BCUT2D eigenvalue weighted by Crippen LogP contribution is -2.14. The highest BCUT2D eigenvalue weighted by molar-refractivity contribution is 7.98. The first-order valence-electron chi connectivity index (χ1n) is 7.24. The third-order valence-corrected chi connectivity index (χ3v) is 4.49. The maximum absolute atomic E-state index is 12.2. The van der Waals surface area contributed by atoms with Crippen molar-refractivity contribution in [3.05, 3.63) is 63.3 Å². The Morgan fingerprint density at radius 3 is 2.67 bits per heavy atom. The molecule has 3 rings (SSSR count). The lowest BCUT2D eigenvalue weighted by molar-refractivity contribution is 0.392. The van der Waals surface area contributed by atoms with Crippen molar-refractivity contribution in [2.75, 3.05) is 0 Å². The van der Waals surface area contributed by atoms with Crippen LogP contribution in [0.3, 0.4) is 0 Å². The molecule has 6 nitrogen and oxygen atoms in total. The molecule has 0 aliphatic heterocycles. The molecule has 7 heteroatoms. The minimum absolute atomic E-state index is 0.0166. The standard InChI is InChI=1S/C17H14N4O2S/c1-10-14(11(2)23-21-10)9-24-17-19-15(12-6-4-3-5-7-12)13(8-18)16(22)20-17/h3-7H,9H2,1-2H3,(H,19,20,22). The summed E-state index contributed by atoms with van der Waals surface area (Å²) in [6.07, 6.45) is 0. The van der Waals surface area contributed by atoms with E-state index in [-0.39, 0.29) is 5.56 Å². The van der Waals surface area contributed by atoms with E-state index in [1.165, 1.54) is 11.8 Å². The van der Waals surface area contributed by atoms with E-state index in [4.69, 9.17) is 4.52 Å². The van der Waals surface area contributed by atoms with Crippen molar-refractivity contribution in [2.45, 2.75) is 24.8 Å². The number of nitrogens with one attached hydrogen (secondary N) is 1. The molecule has 24 heavy (non-hydrogen) atoms. The van der Waals surface area contributed by atoms with E-state index < -0.39 is 5.56 Å². The van der Waals surface area contributed by atoms with Gasteiger partial charge in [-0.15, -0.1) is 0 Å². The molecule has 1 N–H and O–H groups in total. The van der Waals surface area contributed by atoms with Crippen LogP contribution in [0.1, 0.15) is 22.6 Å². The Bertz CT molecular complexity index is 951. The average molecular weight is 338 g/mol. The van der Waals surface area contributed by atoms with Crippen LogP contribution in [0.4, 0.5) is 0 Å². The summed E-state index contributed by atoms with van der Waals surface area (Å²) in [5.41, 5.74) is 2.51. The summed E-state index contributed by atoms with van der Waals surface area (Å²) in [4.78, 5) is 19.3. The lowest BCUT2D eigenvalue weighted by atomic mass is 10.1. The van der Waals surface area contributed by atoms with Crippen LogP contribution in [0.15, 0.2) is 44.8 Å². The fourth-order valence-corrected chi connectivity index (χ4v) is 3.29. The van der Waals surface area contributed by atoms with E-state index in [0.29, 0.717) is 16.6 Å². The van der Waals surface area contributed by atoms with E-state index in [2.05, 4.69) is 15.1 Å². The highest BCUT2D eigenvalue weighted by Crippen LogP contribution is 2.26. The molecule has 1 aromatic carbocycles. The van der Waals surface area contributed by atoms with Crippen molar-refractivity contribution in [3.8, 4) is 17.3 Å². The van der Waals surface area contributed by atoms with Crippen LogP contribution in [-0.4, -0.2) is 15.1 Å². The predicted molar refractivity (Wildman–Crippen MR) is 90.5 cm³/mol. The molecule has 0 amide bonds. The fourth-order valence-electron chi connectivity index (χ4n) is 2.28. The van der Waals surface area contributed by atoms with Crippen LogP contribution in [0, 0.1) is 25.2 Å². The van der Waals surface area contributed by atoms with Crippen LogP contribution in [0.2, 0.25) is 0 Å². The fraction of sp³-hybridized carbons (Fsp3) is 0.176. The molecule has 120 valence electrons. The second-order valence-electron chi connectivity index (χ2n) is 5.16. The number of H-pyrrole nitrogens is 1. The molecule has 0 aliphatic rings. The molecule has 0 saturated heterocycles. The van der Waals surface area contributed by atoms with Crippen LogP contribution in [0.5, 0.6) is 0 Å². The summed E-state index contributed by atoms with van der Waals surface area (Å²) in [7, 11) is 0. The van der Waals surface area contributed by atoms with Gasteiger partial charge in [0.2, 0.25) is 0 Å². The van der Waals surface area contributed by atoms with Crippen molar-refractivity contribution < 1.29 is 4.52 Å². The first kappa shape index (κ1) is 16.0. The van der Waals surface area contributed by atoms with E-state index in [1.54, 1.807) is 0 Å². The monoisotopic (exact) mass is 338 g/mol. The molecule has 0 atom stereocenters. The Morgan fingerprint density at radius 2 is 2.04 bits per heavy atom. The van der Waals surface area contributed by atoms with E-state index in [1.807, 2.05) is 50.2 Å². The molecule has 2 aromatic heterocycles. The largest absolute Gasteiger partial charge is 0.361 e. The summed E-state index contributed by atoms with van der Waals surface area (Å²) in [5, 5.41) is 13.6. The first-order valence-corrected chi connectivity index (χ1v) is 8.23. The Balaban J connectivity index is 1.97. The van der Waals surface area contributed by atoms with Crippen molar-refractivity contribution in [1.29, 1.82) is 5.26 Å². The number of aryl methyl sites for hydroxylation is 2. The maximum Gasteiger partial charge on any atom is 0.270 e. The molecule has 2 heterocycles. The molecule has 0 radical (unpaired) electrons. The molecule has 0 fully saturated rings. The topological polar surface area (TPSA) is 95.6 Å². The smallest absolute Gasteiger partial charge is 0.270 e. The molecular weight excluding hydrogens is 324 g/mol. The van der Waals surface area contributed by atoms with Gasteiger partial charge in [-0.2, -0.15) is 5.26 Å². The van der Waals surface area contributed by atoms with Gasteiger partial charge in [0, 0.05) is 16.9 Å². The third kappa shape index (κ3) is 3.09. The summed E-state index contributed by atoms with van der Waals surface area (Å²) >= 11 is 1.37. The van der Waals surface area contributed by atoms with Gasteiger partial charge in [-0.1, -0.05) is 47.3 Å². The zero-order chi connectivity index (χ0) is 17.1. The second-order valence-corrected chi connectivity index (χ2v) is 6.13. The van der Waals surface area contributed by atoms with E-state index in [0.717, 1.165) is 22.6 Å². The number of rotatable bonds is 4. The number of benzene rings is 1. The lowest BCUT2D eigenvalue weighted by Gasteiger charge is -2.06. The highest BCUT2D eigenvalue weighted by atomic mass is 32.2. The number of hydrogen-bond donors (Lipinski definition) is 1. The number of aromatic nitrogens is 3. The van der Waals surface area contributed by atoms with Gasteiger partial charge in [0.15, 0.2) is 5.16 Å². The Hall–Kier alpha value is -2.85.